The van der Waals surface area contributed by atoms with Gasteiger partial charge in [0.15, 0.2) is 0 Å². The largest absolute Gasteiger partial charge is 0.309 e. The molecule has 0 atom stereocenters. The molecule has 50 heavy (non-hydrogen) atoms. The first-order valence-electron chi connectivity index (χ1n) is 17.3. The van der Waals surface area contributed by atoms with Crippen LogP contribution in [0.1, 0.15) is 0 Å². The number of nitrogens with zero attached hydrogens (tertiary/aromatic N) is 2. The molecule has 0 saturated carbocycles. The molecule has 2 nitrogen and oxygen atoms in total. The molecule has 0 aliphatic heterocycles. The van der Waals surface area contributed by atoms with Gasteiger partial charge in [-0.25, -0.2) is 0 Å². The van der Waals surface area contributed by atoms with Gasteiger partial charge in [0, 0.05) is 43.7 Å². The Labute approximate surface area is 288 Å². The van der Waals surface area contributed by atoms with E-state index in [2.05, 4.69) is 191 Å². The summed E-state index contributed by atoms with van der Waals surface area (Å²) < 4.78 is 5.02. The van der Waals surface area contributed by atoms with Crippen LogP contribution in [0.3, 0.4) is 0 Å². The molecule has 0 fully saturated rings. The SMILES string of the molecule is c1ccc(-c2ccc(-n3c4ccccc4c4c5ccccc5c5c(c6ccccc6c6c7ccccc7n(-c7ccccc7)c65)c43)cc2)cc1. The fourth-order valence-corrected chi connectivity index (χ4v) is 8.65. The van der Waals surface area contributed by atoms with Crippen LogP contribution in [0.4, 0.5) is 0 Å². The monoisotopic (exact) mass is 634 g/mol. The van der Waals surface area contributed by atoms with Gasteiger partial charge < -0.3 is 9.13 Å². The summed E-state index contributed by atoms with van der Waals surface area (Å²) >= 11 is 0. The van der Waals surface area contributed by atoms with Crippen LogP contribution in [0.25, 0.3) is 98.4 Å². The van der Waals surface area contributed by atoms with Gasteiger partial charge in [-0.2, -0.15) is 0 Å². The number of para-hydroxylation sites is 3. The van der Waals surface area contributed by atoms with Crippen molar-refractivity contribution < 1.29 is 0 Å². The van der Waals surface area contributed by atoms with E-state index in [0.717, 1.165) is 11.4 Å². The van der Waals surface area contributed by atoms with Crippen LogP contribution in [0.15, 0.2) is 182 Å². The molecule has 0 aliphatic carbocycles. The first kappa shape index (κ1) is 27.3. The molecule has 9 aromatic carbocycles. The smallest absolute Gasteiger partial charge is 0.0633 e. The predicted molar refractivity (Wildman–Crippen MR) is 213 cm³/mol. The van der Waals surface area contributed by atoms with E-state index in [1.807, 2.05) is 0 Å². The van der Waals surface area contributed by atoms with Gasteiger partial charge >= 0.3 is 0 Å². The Hall–Kier alpha value is -6.64. The van der Waals surface area contributed by atoms with E-state index in [1.54, 1.807) is 0 Å². The van der Waals surface area contributed by atoms with E-state index >= 15 is 0 Å². The van der Waals surface area contributed by atoms with Crippen LogP contribution in [-0.4, -0.2) is 9.13 Å². The minimum absolute atomic E-state index is 1.15. The number of hydrogen-bond donors (Lipinski definition) is 0. The molecule has 0 N–H and O–H groups in total. The molecular weight excluding hydrogens is 605 g/mol. The summed E-state index contributed by atoms with van der Waals surface area (Å²) in [6, 6.07) is 66.5. The van der Waals surface area contributed by atoms with Crippen LogP contribution in [0.5, 0.6) is 0 Å². The summed E-state index contributed by atoms with van der Waals surface area (Å²) in [7, 11) is 0. The van der Waals surface area contributed by atoms with Gasteiger partial charge in [0.25, 0.3) is 0 Å². The first-order valence-corrected chi connectivity index (χ1v) is 17.3. The van der Waals surface area contributed by atoms with Gasteiger partial charge in [0.2, 0.25) is 0 Å². The van der Waals surface area contributed by atoms with Gasteiger partial charge in [-0.05, 0) is 69.1 Å². The third-order valence-corrected chi connectivity index (χ3v) is 10.7. The quantitative estimate of drug-likeness (QED) is 0.171. The maximum absolute atomic E-state index is 2.52. The Bertz CT molecular complexity index is 3110. The Balaban J connectivity index is 1.43. The molecule has 0 bridgehead atoms. The van der Waals surface area contributed by atoms with E-state index in [9.17, 15) is 0 Å². The number of hydrogen-bond acceptors (Lipinski definition) is 0. The summed E-state index contributed by atoms with van der Waals surface area (Å²) in [5.74, 6) is 0. The van der Waals surface area contributed by atoms with Crippen molar-refractivity contribution in [2.24, 2.45) is 0 Å². The maximum atomic E-state index is 2.52. The Morgan fingerprint density at radius 1 is 0.240 bits per heavy atom. The van der Waals surface area contributed by atoms with Crippen LogP contribution < -0.4 is 0 Å². The Morgan fingerprint density at radius 3 is 1.06 bits per heavy atom. The minimum atomic E-state index is 1.15. The number of rotatable bonds is 3. The standard InChI is InChI=1S/C48H30N2/c1-3-15-31(16-4-1)32-27-29-34(30-28-32)50-42-26-14-12-24-40(42)44-36-20-8-9-21-37(36)45-46(48(44)50)38-22-10-7-19-35(38)43-39-23-11-13-25-41(39)49(47(43)45)33-17-5-2-6-18-33/h1-30H. The average molecular weight is 635 g/mol. The van der Waals surface area contributed by atoms with Gasteiger partial charge in [-0.1, -0.05) is 146 Å². The molecule has 11 rings (SSSR count). The number of benzene rings is 9. The highest BCUT2D eigenvalue weighted by Gasteiger charge is 2.25. The van der Waals surface area contributed by atoms with E-state index in [4.69, 9.17) is 0 Å². The second-order valence-electron chi connectivity index (χ2n) is 13.2. The van der Waals surface area contributed by atoms with Gasteiger partial charge in [0.1, 0.15) is 0 Å². The summed E-state index contributed by atoms with van der Waals surface area (Å²) in [6.07, 6.45) is 0. The highest BCUT2D eigenvalue weighted by Crippen LogP contribution is 2.50. The van der Waals surface area contributed by atoms with E-state index in [-0.39, 0.29) is 0 Å². The fraction of sp³-hybridized carbons (Fsp3) is 0. The summed E-state index contributed by atoms with van der Waals surface area (Å²) in [5, 5.41) is 12.8. The van der Waals surface area contributed by atoms with Crippen LogP contribution in [-0.2, 0) is 0 Å². The van der Waals surface area contributed by atoms with Crippen molar-refractivity contribution >= 4 is 75.9 Å². The molecule has 0 amide bonds. The van der Waals surface area contributed by atoms with Crippen molar-refractivity contribution in [2.75, 3.05) is 0 Å². The lowest BCUT2D eigenvalue weighted by atomic mass is 9.90. The molecule has 0 aliphatic rings. The second kappa shape index (κ2) is 10.4. The van der Waals surface area contributed by atoms with Crippen molar-refractivity contribution in [3.8, 4) is 22.5 Å². The van der Waals surface area contributed by atoms with Crippen molar-refractivity contribution in [1.29, 1.82) is 0 Å². The topological polar surface area (TPSA) is 9.86 Å². The summed E-state index contributed by atoms with van der Waals surface area (Å²) in [5.41, 5.74) is 9.67. The number of fused-ring (bicyclic) bond motifs is 15. The maximum Gasteiger partial charge on any atom is 0.0633 e. The first-order chi connectivity index (χ1) is 24.9. The van der Waals surface area contributed by atoms with Crippen LogP contribution >= 0.6 is 0 Å². The molecule has 11 aromatic rings. The fourth-order valence-electron chi connectivity index (χ4n) is 8.65. The van der Waals surface area contributed by atoms with Crippen molar-refractivity contribution in [1.82, 2.24) is 9.13 Å². The third-order valence-electron chi connectivity index (χ3n) is 10.7. The second-order valence-corrected chi connectivity index (χ2v) is 13.2. The molecular formula is C48H30N2. The Kier molecular flexibility index (Phi) is 5.70. The van der Waals surface area contributed by atoms with Gasteiger partial charge in [-0.15, -0.1) is 0 Å². The molecule has 0 radical (unpaired) electrons. The summed E-state index contributed by atoms with van der Waals surface area (Å²) in [6.45, 7) is 0. The van der Waals surface area contributed by atoms with E-state index in [1.165, 1.54) is 87.1 Å². The Morgan fingerprint density at radius 2 is 0.580 bits per heavy atom. The third kappa shape index (κ3) is 3.68. The van der Waals surface area contributed by atoms with E-state index < -0.39 is 0 Å². The molecule has 2 heteroatoms. The lowest BCUT2D eigenvalue weighted by Gasteiger charge is -2.17. The van der Waals surface area contributed by atoms with Crippen molar-refractivity contribution in [3.63, 3.8) is 0 Å². The summed E-state index contributed by atoms with van der Waals surface area (Å²) in [4.78, 5) is 0. The van der Waals surface area contributed by atoms with Crippen LogP contribution in [0.2, 0.25) is 0 Å². The molecule has 232 valence electrons. The molecule has 0 saturated heterocycles. The van der Waals surface area contributed by atoms with Gasteiger partial charge in [0.05, 0.1) is 22.1 Å². The van der Waals surface area contributed by atoms with Crippen molar-refractivity contribution in [2.45, 2.75) is 0 Å². The zero-order valence-electron chi connectivity index (χ0n) is 27.2. The van der Waals surface area contributed by atoms with Crippen molar-refractivity contribution in [3.05, 3.63) is 182 Å². The molecule has 0 spiro atoms. The average Bonchev–Trinajstić information content (AvgIpc) is 3.73. The lowest BCUT2D eigenvalue weighted by Crippen LogP contribution is -1.98. The zero-order valence-corrected chi connectivity index (χ0v) is 27.2. The molecule has 0 unspecified atom stereocenters. The normalized spacial score (nSPS) is 12.0. The van der Waals surface area contributed by atoms with Gasteiger partial charge in [-0.3, -0.25) is 0 Å². The minimum Gasteiger partial charge on any atom is -0.309 e. The highest BCUT2D eigenvalue weighted by atomic mass is 15.0. The molecule has 2 aromatic heterocycles. The number of aromatic nitrogens is 2. The zero-order chi connectivity index (χ0) is 32.8. The highest BCUT2D eigenvalue weighted by molar-refractivity contribution is 6.44. The van der Waals surface area contributed by atoms with E-state index in [0.29, 0.717) is 0 Å². The predicted octanol–water partition coefficient (Wildman–Crippen LogP) is 13.0. The lowest BCUT2D eigenvalue weighted by molar-refractivity contribution is 1.18. The van der Waals surface area contributed by atoms with Crippen LogP contribution in [0, 0.1) is 0 Å². The molecule has 2 heterocycles.